The highest BCUT2D eigenvalue weighted by molar-refractivity contribution is 5.94. The van der Waals surface area contributed by atoms with Gasteiger partial charge in [-0.2, -0.15) is 0 Å². The molecule has 1 fully saturated rings. The summed E-state index contributed by atoms with van der Waals surface area (Å²) in [5.74, 6) is 0.982. The summed E-state index contributed by atoms with van der Waals surface area (Å²) in [5, 5.41) is 2.80. The van der Waals surface area contributed by atoms with E-state index in [9.17, 15) is 9.59 Å². The first-order valence-corrected chi connectivity index (χ1v) is 9.33. The number of nitrogens with zero attached hydrogens (tertiary/aromatic N) is 3. The number of hydrogen-bond donors (Lipinski definition) is 1. The third-order valence-electron chi connectivity index (χ3n) is 3.81. The van der Waals surface area contributed by atoms with Gasteiger partial charge in [-0.3, -0.25) is 0 Å². The van der Waals surface area contributed by atoms with Crippen molar-refractivity contribution in [2.24, 2.45) is 5.92 Å². The number of rotatable bonds is 4. The molecule has 1 aromatic heterocycles. The Morgan fingerprint density at radius 3 is 2.59 bits per heavy atom. The molecule has 0 aromatic carbocycles. The second-order valence-corrected chi connectivity index (χ2v) is 7.13. The number of alkyl carbamates (subject to hydrolysis) is 1. The Morgan fingerprint density at radius 1 is 1.33 bits per heavy atom. The Labute approximate surface area is 161 Å². The third-order valence-corrected chi connectivity index (χ3v) is 3.81. The lowest BCUT2D eigenvalue weighted by Crippen LogP contribution is -2.36. The molecule has 8 nitrogen and oxygen atoms in total. The van der Waals surface area contributed by atoms with Crippen LogP contribution in [0.3, 0.4) is 0 Å². The highest BCUT2D eigenvalue weighted by Crippen LogP contribution is 2.25. The number of esters is 1. The smallest absolute Gasteiger partial charge is 0.407 e. The number of nitrogens with one attached hydrogen (secondary N) is 1. The standard InChI is InChI=1S/C17H26N4O4.C2H6/c1-11-18-9-13(15(22)24-5)14(20-11)21-7-6-12(10-21)8-19-16(23)25-17(2,3)4;1-2/h9,12H,6-8,10H2,1-5H3,(H,19,23);1-2H3. The maximum atomic E-state index is 11.9. The van der Waals surface area contributed by atoms with Crippen molar-refractivity contribution in [2.75, 3.05) is 31.6 Å². The molecule has 1 atom stereocenters. The molecule has 27 heavy (non-hydrogen) atoms. The quantitative estimate of drug-likeness (QED) is 0.803. The van der Waals surface area contributed by atoms with E-state index in [1.807, 2.05) is 39.5 Å². The fraction of sp³-hybridized carbons (Fsp3) is 0.684. The van der Waals surface area contributed by atoms with E-state index in [-0.39, 0.29) is 5.92 Å². The number of carbonyl (C=O) groups is 2. The van der Waals surface area contributed by atoms with Gasteiger partial charge in [0.25, 0.3) is 0 Å². The van der Waals surface area contributed by atoms with E-state index < -0.39 is 17.7 Å². The molecule has 2 rings (SSSR count). The molecule has 2 heterocycles. The first-order chi connectivity index (χ1) is 12.7. The number of amides is 1. The van der Waals surface area contributed by atoms with Gasteiger partial charge >= 0.3 is 12.1 Å². The van der Waals surface area contributed by atoms with Crippen LogP contribution in [-0.4, -0.2) is 54.4 Å². The Balaban J connectivity index is 0.00000176. The normalized spacial score (nSPS) is 16.3. The van der Waals surface area contributed by atoms with Gasteiger partial charge in [0, 0.05) is 25.8 Å². The van der Waals surface area contributed by atoms with E-state index in [1.165, 1.54) is 13.3 Å². The number of hydrogen-bond acceptors (Lipinski definition) is 7. The molecule has 0 spiro atoms. The van der Waals surface area contributed by atoms with Crippen molar-refractivity contribution in [3.05, 3.63) is 17.6 Å². The number of aromatic nitrogens is 2. The van der Waals surface area contributed by atoms with Crippen molar-refractivity contribution in [1.29, 1.82) is 0 Å². The lowest BCUT2D eigenvalue weighted by atomic mass is 10.1. The molecule has 1 aliphatic rings. The molecule has 0 bridgehead atoms. The summed E-state index contributed by atoms with van der Waals surface area (Å²) < 4.78 is 10.1. The van der Waals surface area contributed by atoms with Crippen LogP contribution < -0.4 is 10.2 Å². The van der Waals surface area contributed by atoms with Gasteiger partial charge in [-0.1, -0.05) is 13.8 Å². The summed E-state index contributed by atoms with van der Waals surface area (Å²) in [6.45, 7) is 13.2. The fourth-order valence-corrected chi connectivity index (χ4v) is 2.69. The van der Waals surface area contributed by atoms with Crippen molar-refractivity contribution in [2.45, 2.75) is 53.6 Å². The average Bonchev–Trinajstić information content (AvgIpc) is 3.08. The van der Waals surface area contributed by atoms with Crippen LogP contribution in [0.5, 0.6) is 0 Å². The van der Waals surface area contributed by atoms with Crippen molar-refractivity contribution in [3.8, 4) is 0 Å². The van der Waals surface area contributed by atoms with E-state index in [4.69, 9.17) is 9.47 Å². The molecule has 1 amide bonds. The Bertz CT molecular complexity index is 643. The number of methoxy groups -OCH3 is 1. The van der Waals surface area contributed by atoms with E-state index in [0.717, 1.165) is 13.0 Å². The lowest BCUT2D eigenvalue weighted by Gasteiger charge is -2.21. The second-order valence-electron chi connectivity index (χ2n) is 7.13. The van der Waals surface area contributed by atoms with Gasteiger partial charge in [0.2, 0.25) is 0 Å². The number of carbonyl (C=O) groups excluding carboxylic acids is 2. The van der Waals surface area contributed by atoms with Gasteiger partial charge < -0.3 is 19.7 Å². The first-order valence-electron chi connectivity index (χ1n) is 9.33. The monoisotopic (exact) mass is 380 g/mol. The number of anilines is 1. The summed E-state index contributed by atoms with van der Waals surface area (Å²) in [6.07, 6.45) is 1.97. The highest BCUT2D eigenvalue weighted by Gasteiger charge is 2.28. The molecule has 1 saturated heterocycles. The van der Waals surface area contributed by atoms with Gasteiger partial charge in [0.1, 0.15) is 22.8 Å². The Hall–Kier alpha value is -2.38. The second kappa shape index (κ2) is 10.1. The lowest BCUT2D eigenvalue weighted by molar-refractivity contribution is 0.0519. The van der Waals surface area contributed by atoms with Gasteiger partial charge in [0.15, 0.2) is 0 Å². The van der Waals surface area contributed by atoms with Crippen LogP contribution in [0.1, 0.15) is 57.2 Å². The van der Waals surface area contributed by atoms with Crippen LogP contribution in [0.2, 0.25) is 0 Å². The van der Waals surface area contributed by atoms with Crippen molar-refractivity contribution >= 4 is 17.9 Å². The van der Waals surface area contributed by atoms with Crippen molar-refractivity contribution in [3.63, 3.8) is 0 Å². The molecule has 1 unspecified atom stereocenters. The number of ether oxygens (including phenoxy) is 2. The van der Waals surface area contributed by atoms with Crippen LogP contribution in [-0.2, 0) is 9.47 Å². The van der Waals surface area contributed by atoms with E-state index in [1.54, 1.807) is 6.92 Å². The zero-order chi connectivity index (χ0) is 20.6. The van der Waals surface area contributed by atoms with E-state index in [2.05, 4.69) is 15.3 Å². The molecule has 0 saturated carbocycles. The molecule has 0 aliphatic carbocycles. The predicted molar refractivity (Wildman–Crippen MR) is 104 cm³/mol. The summed E-state index contributed by atoms with van der Waals surface area (Å²) in [7, 11) is 1.34. The number of aryl methyl sites for hydroxylation is 1. The first kappa shape index (κ1) is 22.7. The summed E-state index contributed by atoms with van der Waals surface area (Å²) in [5.41, 5.74) is -0.159. The molecule has 8 heteroatoms. The Kier molecular flexibility index (Phi) is 8.46. The topological polar surface area (TPSA) is 93.6 Å². The van der Waals surface area contributed by atoms with Gasteiger partial charge in [0.05, 0.1) is 7.11 Å². The summed E-state index contributed by atoms with van der Waals surface area (Å²) >= 11 is 0. The molecular weight excluding hydrogens is 348 g/mol. The average molecular weight is 380 g/mol. The zero-order valence-electron chi connectivity index (χ0n) is 17.5. The minimum Gasteiger partial charge on any atom is -0.465 e. The van der Waals surface area contributed by atoms with E-state index >= 15 is 0 Å². The molecule has 152 valence electrons. The molecule has 1 N–H and O–H groups in total. The van der Waals surface area contributed by atoms with Gasteiger partial charge in [-0.05, 0) is 40.0 Å². The SMILES string of the molecule is CC.COC(=O)c1cnc(C)nc1N1CCC(CNC(=O)OC(C)(C)C)C1. The highest BCUT2D eigenvalue weighted by atomic mass is 16.6. The van der Waals surface area contributed by atoms with E-state index in [0.29, 0.717) is 30.3 Å². The van der Waals surface area contributed by atoms with Gasteiger partial charge in [-0.25, -0.2) is 19.6 Å². The van der Waals surface area contributed by atoms with Crippen LogP contribution in [0, 0.1) is 12.8 Å². The molecule has 1 aromatic rings. The largest absolute Gasteiger partial charge is 0.465 e. The molecule has 1 aliphatic heterocycles. The predicted octanol–water partition coefficient (Wildman–Crippen LogP) is 2.95. The minimum absolute atomic E-state index is 0.258. The van der Waals surface area contributed by atoms with Crippen molar-refractivity contribution < 1.29 is 19.1 Å². The van der Waals surface area contributed by atoms with Crippen LogP contribution in [0.4, 0.5) is 10.6 Å². The van der Waals surface area contributed by atoms with Crippen LogP contribution in [0.15, 0.2) is 6.20 Å². The zero-order valence-corrected chi connectivity index (χ0v) is 17.5. The maximum Gasteiger partial charge on any atom is 0.407 e. The fourth-order valence-electron chi connectivity index (χ4n) is 2.69. The van der Waals surface area contributed by atoms with Crippen molar-refractivity contribution in [1.82, 2.24) is 15.3 Å². The Morgan fingerprint density at radius 2 is 2.00 bits per heavy atom. The summed E-state index contributed by atoms with van der Waals surface area (Å²) in [6, 6.07) is 0. The van der Waals surface area contributed by atoms with Crippen LogP contribution in [0.25, 0.3) is 0 Å². The minimum atomic E-state index is -0.514. The maximum absolute atomic E-state index is 11.9. The molecule has 0 radical (unpaired) electrons. The summed E-state index contributed by atoms with van der Waals surface area (Å²) in [4.78, 5) is 34.2. The molecular formula is C19H32N4O4. The van der Waals surface area contributed by atoms with Crippen LogP contribution >= 0.6 is 0 Å². The van der Waals surface area contributed by atoms with Gasteiger partial charge in [-0.15, -0.1) is 0 Å². The third kappa shape index (κ3) is 7.03.